The van der Waals surface area contributed by atoms with E-state index in [1.54, 1.807) is 0 Å². The van der Waals surface area contributed by atoms with Crippen molar-refractivity contribution in [1.82, 2.24) is 44.0 Å². The maximum atomic E-state index is 5.47. The van der Waals surface area contributed by atoms with Gasteiger partial charge in [0.15, 0.2) is 23.3 Å². The molecule has 123 heavy (non-hydrogen) atoms. The van der Waals surface area contributed by atoms with Gasteiger partial charge in [-0.05, 0) is 133 Å². The molecule has 0 unspecified atom stereocenters. The second-order valence-corrected chi connectivity index (χ2v) is 32.2. The molecule has 0 aliphatic heterocycles. The molecule has 0 saturated heterocycles. The zero-order valence-corrected chi connectivity index (χ0v) is 67.4. The van der Waals surface area contributed by atoms with Crippen LogP contribution in [0.25, 0.3) is 222 Å². The smallest absolute Gasteiger partial charge is 0.164 e. The van der Waals surface area contributed by atoms with Crippen molar-refractivity contribution < 1.29 is 0 Å². The quantitative estimate of drug-likeness (QED) is 0.112. The summed E-state index contributed by atoms with van der Waals surface area (Å²) >= 11 is 0. The Balaban J connectivity index is 0.000000144. The number of hydrogen-bond acceptors (Lipinski definition) is 7. The van der Waals surface area contributed by atoms with Gasteiger partial charge in [0.1, 0.15) is 0 Å². The van der Waals surface area contributed by atoms with Crippen molar-refractivity contribution in [2.45, 2.75) is 19.3 Å². The van der Waals surface area contributed by atoms with Crippen LogP contribution in [0.3, 0.4) is 0 Å². The fourth-order valence-corrected chi connectivity index (χ4v) is 18.8. The summed E-state index contributed by atoms with van der Waals surface area (Å²) in [4.78, 5) is 36.2. The van der Waals surface area contributed by atoms with Crippen LogP contribution in [0.2, 0.25) is 0 Å². The highest BCUT2D eigenvalue weighted by Gasteiger charge is 2.36. The highest BCUT2D eigenvalue weighted by molar-refractivity contribution is 6.30. The molecule has 0 bridgehead atoms. The molecule has 24 rings (SSSR count). The maximum absolute atomic E-state index is 5.47. The van der Waals surface area contributed by atoms with Crippen molar-refractivity contribution in [2.24, 2.45) is 0 Å². The lowest BCUT2D eigenvalue weighted by atomic mass is 9.82. The Bertz CT molecular complexity index is 8030. The minimum atomic E-state index is -0.0682. The highest BCUT2D eigenvalue weighted by atomic mass is 15.0. The second-order valence-electron chi connectivity index (χ2n) is 32.2. The minimum absolute atomic E-state index is 0.0682. The van der Waals surface area contributed by atoms with Crippen molar-refractivity contribution >= 4 is 87.0 Å². The largest absolute Gasteiger partial charge is 0.307 e. The summed E-state index contributed by atoms with van der Waals surface area (Å²) in [6.07, 6.45) is 0. The zero-order valence-electron chi connectivity index (χ0n) is 67.4. The molecule has 6 aromatic heterocycles. The molecular weight excluding hydrogens is 1500 g/mol. The topological polar surface area (TPSA) is 100 Å². The summed E-state index contributed by atoms with van der Waals surface area (Å²) in [7, 11) is 0. The van der Waals surface area contributed by atoms with Crippen LogP contribution < -0.4 is 0 Å². The zero-order chi connectivity index (χ0) is 81.6. The molecule has 0 amide bonds. The Hall–Kier alpha value is -16.2. The first-order valence-corrected chi connectivity index (χ1v) is 41.8. The molecule has 0 saturated carbocycles. The van der Waals surface area contributed by atoms with Crippen molar-refractivity contribution in [1.29, 1.82) is 0 Å². The van der Waals surface area contributed by atoms with Gasteiger partial charge < -0.3 is 9.13 Å². The van der Waals surface area contributed by atoms with E-state index < -0.39 is 0 Å². The van der Waals surface area contributed by atoms with Crippen LogP contribution in [-0.4, -0.2) is 44.0 Å². The van der Waals surface area contributed by atoms with Crippen LogP contribution in [0.15, 0.2) is 419 Å². The monoisotopic (exact) mass is 1570 g/mol. The van der Waals surface area contributed by atoms with Crippen molar-refractivity contribution in [3.8, 4) is 135 Å². The van der Waals surface area contributed by atoms with Gasteiger partial charge in [0, 0.05) is 93.6 Å². The van der Waals surface area contributed by atoms with Crippen LogP contribution in [0, 0.1) is 0 Å². The summed E-state index contributed by atoms with van der Waals surface area (Å²) in [6, 6.07) is 148. The second kappa shape index (κ2) is 29.7. The third-order valence-electron chi connectivity index (χ3n) is 24.7. The standard InChI is InChI=1S/C62H42N4.C52H33N5/c1-62(2)52-26-14-11-23-47(52)51-37-42(31-36-53(51)62)56-38-55(40-17-5-3-6-18-40)64-61(65-56)48-35-34-44(45-21-9-10-22-46(45)48)39-29-32-43(33-30-39)66-57-28-16-13-25-50(57)58-49-24-12-15-27-54(49)63-59(60(58)66)41-19-7-4-8-20-41;1-4-15-38(16-5-1)50-54-51(39-17-6-2-7-18-39)56-52(55-50)40-30-26-35(27-31-40)34-24-28-37(29-25-34)48-49-47(46-42-21-11-10-14-36(42)32-33-44(46)53-48)43-22-12-13-23-45(43)57(49)41-19-8-3-9-20-41/h3-38H,1-2H3;1-33H. The Kier molecular flexibility index (Phi) is 17.4. The molecule has 9 nitrogen and oxygen atoms in total. The van der Waals surface area contributed by atoms with E-state index in [0.717, 1.165) is 150 Å². The van der Waals surface area contributed by atoms with E-state index in [-0.39, 0.29) is 5.41 Å². The third kappa shape index (κ3) is 12.4. The van der Waals surface area contributed by atoms with Gasteiger partial charge in [-0.25, -0.2) is 34.9 Å². The van der Waals surface area contributed by atoms with E-state index in [1.807, 2.05) is 60.7 Å². The normalized spacial score (nSPS) is 12.2. The van der Waals surface area contributed by atoms with E-state index in [9.17, 15) is 0 Å². The van der Waals surface area contributed by atoms with E-state index in [4.69, 9.17) is 34.9 Å². The van der Waals surface area contributed by atoms with Gasteiger partial charge in [0.05, 0.1) is 55.9 Å². The Morgan fingerprint density at radius 3 is 1.25 bits per heavy atom. The molecule has 0 fully saturated rings. The van der Waals surface area contributed by atoms with Gasteiger partial charge in [-0.2, -0.15) is 0 Å². The maximum Gasteiger partial charge on any atom is 0.164 e. The summed E-state index contributed by atoms with van der Waals surface area (Å²) in [5, 5.41) is 11.8. The first-order chi connectivity index (χ1) is 60.8. The molecule has 17 aromatic carbocycles. The van der Waals surface area contributed by atoms with E-state index in [0.29, 0.717) is 23.3 Å². The Morgan fingerprint density at radius 1 is 0.211 bits per heavy atom. The number of aromatic nitrogens is 9. The van der Waals surface area contributed by atoms with Crippen molar-refractivity contribution in [3.05, 3.63) is 430 Å². The molecule has 0 spiro atoms. The number of fused-ring (bicyclic) bond motifs is 16. The lowest BCUT2D eigenvalue weighted by molar-refractivity contribution is 0.660. The lowest BCUT2D eigenvalue weighted by Gasteiger charge is -2.21. The van der Waals surface area contributed by atoms with Crippen LogP contribution in [0.4, 0.5) is 0 Å². The SMILES string of the molecule is CC1(C)c2ccccc2-c2cc(-c3cc(-c4ccccc4)nc(-c4ccc(-c5ccc(-n6c7ccccc7c7c8ccccc8nc(-c8ccccc8)c76)cc5)c5ccccc45)n3)ccc21.c1ccc(-c2nc(-c3ccccc3)nc(-c3ccc(-c4ccc(-c5nc6ccc7ccccc7c6c6c7ccccc7n(-c7ccccc7)c56)cc4)cc3)n2)cc1. The summed E-state index contributed by atoms with van der Waals surface area (Å²) < 4.78 is 4.78. The van der Waals surface area contributed by atoms with Gasteiger partial charge in [0.2, 0.25) is 0 Å². The first kappa shape index (κ1) is 72.0. The van der Waals surface area contributed by atoms with E-state index in [2.05, 4.69) is 381 Å². The molecule has 0 N–H and O–H groups in total. The van der Waals surface area contributed by atoms with Gasteiger partial charge >= 0.3 is 0 Å². The summed E-state index contributed by atoms with van der Waals surface area (Å²) in [5.74, 6) is 2.63. The summed E-state index contributed by atoms with van der Waals surface area (Å²) in [6.45, 7) is 4.65. The average Bonchev–Trinajstić information content (AvgIpc) is 1.37. The van der Waals surface area contributed by atoms with E-state index in [1.165, 1.54) is 60.0 Å². The third-order valence-corrected chi connectivity index (χ3v) is 24.7. The Labute approximate surface area is 710 Å². The molecule has 6 heterocycles. The first-order valence-electron chi connectivity index (χ1n) is 41.8. The molecule has 9 heteroatoms. The predicted octanol–water partition coefficient (Wildman–Crippen LogP) is 28.9. The average molecular weight is 1570 g/mol. The number of rotatable bonds is 12. The molecule has 576 valence electrons. The van der Waals surface area contributed by atoms with Gasteiger partial charge in [-0.1, -0.05) is 366 Å². The lowest BCUT2D eigenvalue weighted by Crippen LogP contribution is -2.14. The van der Waals surface area contributed by atoms with Crippen LogP contribution >= 0.6 is 0 Å². The van der Waals surface area contributed by atoms with Crippen LogP contribution in [0.1, 0.15) is 25.0 Å². The molecular formula is C114H75N9. The number of pyridine rings is 2. The molecule has 23 aromatic rings. The van der Waals surface area contributed by atoms with Gasteiger partial charge in [-0.15, -0.1) is 0 Å². The van der Waals surface area contributed by atoms with Crippen LogP contribution in [-0.2, 0) is 5.41 Å². The van der Waals surface area contributed by atoms with Gasteiger partial charge in [0.25, 0.3) is 0 Å². The number of para-hydroxylation sites is 4. The van der Waals surface area contributed by atoms with Crippen molar-refractivity contribution in [3.63, 3.8) is 0 Å². The minimum Gasteiger partial charge on any atom is -0.307 e. The fraction of sp³-hybridized carbons (Fsp3) is 0.0263. The molecule has 1 aliphatic rings. The number of hydrogen-bond donors (Lipinski definition) is 0. The number of benzene rings is 17. The Morgan fingerprint density at radius 2 is 0.626 bits per heavy atom. The van der Waals surface area contributed by atoms with Crippen LogP contribution in [0.5, 0.6) is 0 Å². The molecule has 1 aliphatic carbocycles. The highest BCUT2D eigenvalue weighted by Crippen LogP contribution is 2.51. The molecule has 0 radical (unpaired) electrons. The molecule has 0 atom stereocenters. The van der Waals surface area contributed by atoms with Crippen molar-refractivity contribution in [2.75, 3.05) is 0 Å². The fourth-order valence-electron chi connectivity index (χ4n) is 18.8. The summed E-state index contributed by atoms with van der Waals surface area (Å²) in [5.41, 5.74) is 30.2. The van der Waals surface area contributed by atoms with Gasteiger partial charge in [-0.3, -0.25) is 0 Å². The number of nitrogens with zero attached hydrogens (tertiary/aromatic N) is 9. The van der Waals surface area contributed by atoms with E-state index >= 15 is 0 Å². The predicted molar refractivity (Wildman–Crippen MR) is 508 cm³/mol.